The Bertz CT molecular complexity index is 1030. The molecule has 2 aromatic carbocycles. The molecule has 2 N–H and O–H groups in total. The number of rotatable bonds is 8. The smallest absolute Gasteiger partial charge is 0.317 e. The van der Waals surface area contributed by atoms with Gasteiger partial charge in [-0.05, 0) is 62.4 Å². The van der Waals surface area contributed by atoms with Crippen molar-refractivity contribution in [1.82, 2.24) is 15.1 Å². The van der Waals surface area contributed by atoms with Gasteiger partial charge in [0, 0.05) is 60.7 Å². The fourth-order valence-corrected chi connectivity index (χ4v) is 3.91. The molecule has 0 aliphatic carbocycles. The lowest BCUT2D eigenvalue weighted by atomic mass is 10.2. The average molecular weight is 498 g/mol. The lowest BCUT2D eigenvalue weighted by Crippen LogP contribution is -2.52. The van der Waals surface area contributed by atoms with Crippen molar-refractivity contribution in [2.75, 3.05) is 49.5 Å². The van der Waals surface area contributed by atoms with Gasteiger partial charge in [-0.1, -0.05) is 17.7 Å². The van der Waals surface area contributed by atoms with Crippen LogP contribution in [0.3, 0.4) is 0 Å². The second-order valence-electron chi connectivity index (χ2n) is 8.65. The van der Waals surface area contributed by atoms with Gasteiger partial charge < -0.3 is 25.3 Å². The molecule has 186 valence electrons. The summed E-state index contributed by atoms with van der Waals surface area (Å²) < 4.78 is 0. The number of benzene rings is 2. The van der Waals surface area contributed by atoms with Crippen molar-refractivity contribution in [1.29, 1.82) is 0 Å². The van der Waals surface area contributed by atoms with Crippen molar-refractivity contribution >= 4 is 40.8 Å². The molecule has 1 heterocycles. The number of amides is 4. The largest absolute Gasteiger partial charge is 0.368 e. The molecule has 0 unspecified atom stereocenters. The molecule has 2 aromatic rings. The van der Waals surface area contributed by atoms with Gasteiger partial charge in [-0.15, -0.1) is 6.58 Å². The van der Waals surface area contributed by atoms with Crippen molar-refractivity contribution in [3.05, 3.63) is 71.8 Å². The van der Waals surface area contributed by atoms with Crippen LogP contribution in [0.5, 0.6) is 0 Å². The van der Waals surface area contributed by atoms with Crippen LogP contribution in [-0.4, -0.2) is 73.0 Å². The first kappa shape index (κ1) is 26.1. The van der Waals surface area contributed by atoms with Crippen LogP contribution in [-0.2, 0) is 4.79 Å². The van der Waals surface area contributed by atoms with Crippen molar-refractivity contribution in [3.8, 4) is 0 Å². The quantitative estimate of drug-likeness (QED) is 0.542. The summed E-state index contributed by atoms with van der Waals surface area (Å²) in [5.74, 6) is -0.569. The molecule has 1 saturated heterocycles. The minimum atomic E-state index is -0.299. The average Bonchev–Trinajstić information content (AvgIpc) is 2.84. The summed E-state index contributed by atoms with van der Waals surface area (Å²) >= 11 is 5.90. The molecule has 35 heavy (non-hydrogen) atoms. The van der Waals surface area contributed by atoms with Gasteiger partial charge >= 0.3 is 6.03 Å². The van der Waals surface area contributed by atoms with Crippen LogP contribution in [0, 0.1) is 0 Å². The predicted molar refractivity (Wildman–Crippen MR) is 140 cm³/mol. The molecule has 0 radical (unpaired) electrons. The molecule has 3 rings (SSSR count). The molecule has 1 fully saturated rings. The van der Waals surface area contributed by atoms with E-state index in [1.54, 1.807) is 30.3 Å². The Labute approximate surface area is 211 Å². The third-order valence-electron chi connectivity index (χ3n) is 5.56. The number of hydrogen-bond acceptors (Lipinski definition) is 4. The zero-order valence-electron chi connectivity index (χ0n) is 20.2. The summed E-state index contributed by atoms with van der Waals surface area (Å²) in [4.78, 5) is 43.1. The number of hydrogen-bond donors (Lipinski definition) is 2. The van der Waals surface area contributed by atoms with Gasteiger partial charge in [0.15, 0.2) is 0 Å². The zero-order chi connectivity index (χ0) is 25.4. The molecule has 0 atom stereocenters. The van der Waals surface area contributed by atoms with Gasteiger partial charge in [0.05, 0.1) is 0 Å². The first-order chi connectivity index (χ1) is 16.8. The fourth-order valence-electron chi connectivity index (χ4n) is 3.79. The Morgan fingerprint density at radius 1 is 1.03 bits per heavy atom. The lowest BCUT2D eigenvalue weighted by molar-refractivity contribution is -0.116. The summed E-state index contributed by atoms with van der Waals surface area (Å²) in [5, 5.41) is 6.31. The molecular weight excluding hydrogens is 466 g/mol. The van der Waals surface area contributed by atoms with Gasteiger partial charge in [0.2, 0.25) is 5.91 Å². The minimum absolute atomic E-state index is 0.0299. The Morgan fingerprint density at radius 3 is 2.23 bits per heavy atom. The van der Waals surface area contributed by atoms with E-state index in [0.29, 0.717) is 29.4 Å². The maximum Gasteiger partial charge on any atom is 0.317 e. The van der Waals surface area contributed by atoms with E-state index in [9.17, 15) is 14.4 Å². The molecule has 0 spiro atoms. The van der Waals surface area contributed by atoms with Crippen LogP contribution < -0.4 is 15.5 Å². The van der Waals surface area contributed by atoms with Crippen LogP contribution in [0.25, 0.3) is 0 Å². The molecule has 8 nitrogen and oxygen atoms in total. The highest BCUT2D eigenvalue weighted by molar-refractivity contribution is 6.30. The number of urea groups is 1. The highest BCUT2D eigenvalue weighted by Gasteiger charge is 2.22. The standard InChI is InChI=1S/C26H32ClN5O3/c1-4-13-32(25(34)20-5-7-21(27)8-6-20)18-24(33)29-22-9-11-23(12-10-22)30-14-16-31(17-15-30)26(35)28-19(2)3/h4-12,19H,1,13-18H2,2-3H3,(H,28,35)(H,29,33). The monoisotopic (exact) mass is 497 g/mol. The Morgan fingerprint density at radius 2 is 1.66 bits per heavy atom. The number of carbonyl (C=O) groups is 3. The van der Waals surface area contributed by atoms with E-state index in [0.717, 1.165) is 18.8 Å². The third-order valence-corrected chi connectivity index (χ3v) is 5.81. The molecule has 1 aliphatic heterocycles. The summed E-state index contributed by atoms with van der Waals surface area (Å²) in [5.41, 5.74) is 2.12. The summed E-state index contributed by atoms with van der Waals surface area (Å²) in [6, 6.07) is 14.2. The summed E-state index contributed by atoms with van der Waals surface area (Å²) in [6.07, 6.45) is 1.59. The first-order valence-electron chi connectivity index (χ1n) is 11.6. The topological polar surface area (TPSA) is 85.0 Å². The molecule has 1 aliphatic rings. The van der Waals surface area contributed by atoms with E-state index in [1.165, 1.54) is 4.90 Å². The van der Waals surface area contributed by atoms with Gasteiger partial charge in [0.25, 0.3) is 5.91 Å². The second-order valence-corrected chi connectivity index (χ2v) is 9.09. The number of nitrogens with zero attached hydrogens (tertiary/aromatic N) is 3. The Hall–Kier alpha value is -3.52. The predicted octanol–water partition coefficient (Wildman–Crippen LogP) is 3.85. The normalized spacial score (nSPS) is 13.4. The second kappa shape index (κ2) is 12.3. The minimum Gasteiger partial charge on any atom is -0.368 e. The summed E-state index contributed by atoms with van der Waals surface area (Å²) in [6.45, 7) is 10.5. The molecular formula is C26H32ClN5O3. The maximum atomic E-state index is 12.8. The number of halogens is 1. The molecule has 9 heteroatoms. The number of carbonyl (C=O) groups excluding carboxylic acids is 3. The highest BCUT2D eigenvalue weighted by Crippen LogP contribution is 2.20. The number of anilines is 2. The van der Waals surface area contributed by atoms with Gasteiger partial charge in [0.1, 0.15) is 6.54 Å². The van der Waals surface area contributed by atoms with E-state index >= 15 is 0 Å². The van der Waals surface area contributed by atoms with E-state index in [-0.39, 0.29) is 37.0 Å². The Balaban J connectivity index is 1.53. The van der Waals surface area contributed by atoms with E-state index in [2.05, 4.69) is 22.1 Å². The van der Waals surface area contributed by atoms with Crippen LogP contribution >= 0.6 is 11.6 Å². The van der Waals surface area contributed by atoms with Gasteiger partial charge in [-0.3, -0.25) is 9.59 Å². The number of nitrogens with one attached hydrogen (secondary N) is 2. The van der Waals surface area contributed by atoms with E-state index < -0.39 is 0 Å². The van der Waals surface area contributed by atoms with Crippen LogP contribution in [0.2, 0.25) is 5.02 Å². The molecule has 0 aromatic heterocycles. The number of piperazine rings is 1. The molecule has 0 bridgehead atoms. The fraction of sp³-hybridized carbons (Fsp3) is 0.346. The van der Waals surface area contributed by atoms with Crippen molar-refractivity contribution in [3.63, 3.8) is 0 Å². The van der Waals surface area contributed by atoms with Crippen LogP contribution in [0.15, 0.2) is 61.2 Å². The zero-order valence-corrected chi connectivity index (χ0v) is 20.9. The van der Waals surface area contributed by atoms with Crippen LogP contribution in [0.4, 0.5) is 16.2 Å². The Kier molecular flexibility index (Phi) is 9.14. The molecule has 0 saturated carbocycles. The first-order valence-corrected chi connectivity index (χ1v) is 12.0. The maximum absolute atomic E-state index is 12.8. The SMILES string of the molecule is C=CCN(CC(=O)Nc1ccc(N2CCN(C(=O)NC(C)C)CC2)cc1)C(=O)c1ccc(Cl)cc1. The molecule has 4 amide bonds. The van der Waals surface area contributed by atoms with Crippen molar-refractivity contribution in [2.24, 2.45) is 0 Å². The van der Waals surface area contributed by atoms with Crippen molar-refractivity contribution < 1.29 is 14.4 Å². The lowest BCUT2D eigenvalue weighted by Gasteiger charge is -2.36. The van der Waals surface area contributed by atoms with E-state index in [1.807, 2.05) is 43.0 Å². The summed E-state index contributed by atoms with van der Waals surface area (Å²) in [7, 11) is 0. The van der Waals surface area contributed by atoms with E-state index in [4.69, 9.17) is 11.6 Å². The van der Waals surface area contributed by atoms with Gasteiger partial charge in [-0.2, -0.15) is 0 Å². The van der Waals surface area contributed by atoms with Crippen molar-refractivity contribution in [2.45, 2.75) is 19.9 Å². The highest BCUT2D eigenvalue weighted by atomic mass is 35.5. The third kappa shape index (κ3) is 7.48. The van der Waals surface area contributed by atoms with Crippen LogP contribution in [0.1, 0.15) is 24.2 Å². The van der Waals surface area contributed by atoms with Gasteiger partial charge in [-0.25, -0.2) is 4.79 Å².